The summed E-state index contributed by atoms with van der Waals surface area (Å²) >= 11 is 0. The second-order valence-corrected chi connectivity index (χ2v) is 13.8. The molecular weight excluding hydrogens is 692 g/mol. The van der Waals surface area contributed by atoms with Crippen LogP contribution >= 0.6 is 0 Å². The molecule has 3 aromatic carbocycles. The molecule has 286 valence electrons. The fourth-order valence-corrected chi connectivity index (χ4v) is 5.67. The van der Waals surface area contributed by atoms with Gasteiger partial charge in [-0.1, -0.05) is 78.9 Å². The van der Waals surface area contributed by atoms with Crippen LogP contribution < -0.4 is 20.7 Å². The van der Waals surface area contributed by atoms with Crippen LogP contribution in [-0.4, -0.2) is 83.9 Å². The van der Waals surface area contributed by atoms with Crippen LogP contribution in [0, 0.1) is 0 Å². The number of benzene rings is 3. The number of rotatable bonds is 16. The molecule has 0 bridgehead atoms. The molecular formula is C41H48N4O9. The minimum atomic E-state index is -1.18. The normalized spacial score (nSPS) is 15.1. The quantitative estimate of drug-likeness (QED) is 0.110. The van der Waals surface area contributed by atoms with E-state index < -0.39 is 60.1 Å². The van der Waals surface area contributed by atoms with Crippen molar-refractivity contribution in [3.8, 4) is 5.75 Å². The van der Waals surface area contributed by atoms with Crippen LogP contribution in [0.1, 0.15) is 62.0 Å². The van der Waals surface area contributed by atoms with Gasteiger partial charge in [-0.2, -0.15) is 0 Å². The van der Waals surface area contributed by atoms with Gasteiger partial charge in [-0.15, -0.1) is 0 Å². The van der Waals surface area contributed by atoms with Crippen molar-refractivity contribution in [2.45, 2.75) is 77.3 Å². The molecule has 4 rings (SSSR count). The predicted molar refractivity (Wildman–Crippen MR) is 200 cm³/mol. The Balaban J connectivity index is 1.36. The average molecular weight is 741 g/mol. The van der Waals surface area contributed by atoms with Crippen LogP contribution in [0.2, 0.25) is 0 Å². The summed E-state index contributed by atoms with van der Waals surface area (Å²) in [7, 11) is 0. The number of alkyl carbamates (subject to hydrolysis) is 1. The fourth-order valence-electron chi connectivity index (χ4n) is 5.67. The molecule has 0 saturated carbocycles. The van der Waals surface area contributed by atoms with E-state index in [0.29, 0.717) is 37.2 Å². The van der Waals surface area contributed by atoms with E-state index in [1.807, 2.05) is 54.6 Å². The van der Waals surface area contributed by atoms with Crippen molar-refractivity contribution < 1.29 is 43.0 Å². The SMILES string of the molecule is CC(=O)N[C@@H](CNC(=O)/C=C/[C@H](Cc1ccc(OCc2ccccc2)cc1)NC(=O)OC(C)(C)C)C(=O)N1CCC[C@H]1C(=O)OCC(=O)c1ccccc1. The molecule has 4 amide bonds. The van der Waals surface area contributed by atoms with Crippen LogP contribution in [0.25, 0.3) is 0 Å². The van der Waals surface area contributed by atoms with Crippen LogP contribution in [0.3, 0.4) is 0 Å². The first-order chi connectivity index (χ1) is 25.8. The zero-order chi connectivity index (χ0) is 39.1. The number of Topliss-reactive ketones (excluding diaryl/α,β-unsaturated/α-hetero) is 1. The molecule has 1 fully saturated rings. The lowest BCUT2D eigenvalue weighted by Crippen LogP contribution is -2.55. The molecule has 0 aliphatic carbocycles. The number of nitrogens with zero attached hydrogens (tertiary/aromatic N) is 1. The molecule has 1 heterocycles. The van der Waals surface area contributed by atoms with Gasteiger partial charge in [-0.3, -0.25) is 19.2 Å². The van der Waals surface area contributed by atoms with Gasteiger partial charge in [-0.05, 0) is 63.3 Å². The van der Waals surface area contributed by atoms with E-state index in [1.165, 1.54) is 24.0 Å². The number of carbonyl (C=O) groups is 6. The summed E-state index contributed by atoms with van der Waals surface area (Å²) in [5, 5.41) is 7.97. The van der Waals surface area contributed by atoms with Gasteiger partial charge in [0.25, 0.3) is 0 Å². The van der Waals surface area contributed by atoms with Crippen molar-refractivity contribution in [1.82, 2.24) is 20.9 Å². The lowest BCUT2D eigenvalue weighted by atomic mass is 10.1. The fraction of sp³-hybridized carbons (Fsp3) is 0.366. The van der Waals surface area contributed by atoms with E-state index in [-0.39, 0.29) is 18.9 Å². The number of amides is 4. The molecule has 3 N–H and O–H groups in total. The third-order valence-electron chi connectivity index (χ3n) is 8.21. The van der Waals surface area contributed by atoms with Gasteiger partial charge in [0.05, 0.1) is 6.04 Å². The van der Waals surface area contributed by atoms with Crippen molar-refractivity contribution in [2.75, 3.05) is 19.7 Å². The van der Waals surface area contributed by atoms with E-state index in [2.05, 4.69) is 16.0 Å². The maximum atomic E-state index is 13.6. The summed E-state index contributed by atoms with van der Waals surface area (Å²) in [6.45, 7) is 6.36. The lowest BCUT2D eigenvalue weighted by Gasteiger charge is -2.28. The first-order valence-corrected chi connectivity index (χ1v) is 17.8. The number of hydrogen-bond acceptors (Lipinski definition) is 9. The Hall–Kier alpha value is -5.98. The smallest absolute Gasteiger partial charge is 0.408 e. The van der Waals surface area contributed by atoms with Crippen molar-refractivity contribution in [1.29, 1.82) is 0 Å². The van der Waals surface area contributed by atoms with Crippen molar-refractivity contribution >= 4 is 35.6 Å². The Labute approximate surface area is 315 Å². The van der Waals surface area contributed by atoms with E-state index in [9.17, 15) is 28.8 Å². The molecule has 0 radical (unpaired) electrons. The highest BCUT2D eigenvalue weighted by Crippen LogP contribution is 2.20. The summed E-state index contributed by atoms with van der Waals surface area (Å²) in [5.41, 5.74) is 1.54. The Morgan fingerprint density at radius 3 is 2.19 bits per heavy atom. The average Bonchev–Trinajstić information content (AvgIpc) is 3.64. The largest absolute Gasteiger partial charge is 0.489 e. The number of esters is 1. The van der Waals surface area contributed by atoms with Crippen molar-refractivity contribution in [3.63, 3.8) is 0 Å². The van der Waals surface area contributed by atoms with Gasteiger partial charge in [0.1, 0.15) is 30.0 Å². The first kappa shape index (κ1) is 40.8. The number of ketones is 1. The van der Waals surface area contributed by atoms with Gasteiger partial charge in [0.15, 0.2) is 12.4 Å². The molecule has 1 aliphatic heterocycles. The second kappa shape index (κ2) is 19.7. The van der Waals surface area contributed by atoms with Crippen LogP contribution in [0.4, 0.5) is 4.79 Å². The van der Waals surface area contributed by atoms with Crippen molar-refractivity contribution in [3.05, 3.63) is 114 Å². The third kappa shape index (κ3) is 13.5. The standard InChI is InChI=1S/C41H48N4O9/c1-28(46)43-34(38(49)45-23-11-16-35(45)39(50)53-27-36(47)31-14-9-6-10-15-31)25-42-37(48)22-19-32(44-40(51)54-41(2,3)4)24-29-17-20-33(21-18-29)52-26-30-12-7-5-8-13-30/h5-10,12-15,17-22,32,34-35H,11,16,23-27H2,1-4H3,(H,42,48)(H,43,46)(H,44,51)/b22-19+/t32-,34+,35+/m1/s1. The summed E-state index contributed by atoms with van der Waals surface area (Å²) in [6.07, 6.45) is 3.22. The second-order valence-electron chi connectivity index (χ2n) is 13.8. The van der Waals surface area contributed by atoms with Gasteiger partial charge in [0.2, 0.25) is 17.7 Å². The highest BCUT2D eigenvalue weighted by atomic mass is 16.6. The monoisotopic (exact) mass is 740 g/mol. The summed E-state index contributed by atoms with van der Waals surface area (Å²) in [6, 6.07) is 22.8. The van der Waals surface area contributed by atoms with Crippen LogP contribution in [0.5, 0.6) is 5.75 Å². The highest BCUT2D eigenvalue weighted by molar-refractivity contribution is 5.98. The zero-order valence-corrected chi connectivity index (χ0v) is 31.0. The first-order valence-electron chi connectivity index (χ1n) is 17.8. The molecule has 13 heteroatoms. The van der Waals surface area contributed by atoms with E-state index in [4.69, 9.17) is 14.2 Å². The summed E-state index contributed by atoms with van der Waals surface area (Å²) < 4.78 is 16.6. The molecule has 13 nitrogen and oxygen atoms in total. The molecule has 3 aromatic rings. The van der Waals surface area contributed by atoms with E-state index in [1.54, 1.807) is 51.1 Å². The zero-order valence-electron chi connectivity index (χ0n) is 31.0. The maximum absolute atomic E-state index is 13.6. The minimum absolute atomic E-state index is 0.229. The van der Waals surface area contributed by atoms with Gasteiger partial charge in [-0.25, -0.2) is 9.59 Å². The van der Waals surface area contributed by atoms with Crippen molar-refractivity contribution in [2.24, 2.45) is 0 Å². The Kier molecular flexibility index (Phi) is 14.9. The highest BCUT2D eigenvalue weighted by Gasteiger charge is 2.38. The van der Waals surface area contributed by atoms with Gasteiger partial charge in [0, 0.05) is 31.7 Å². The molecule has 3 atom stereocenters. The minimum Gasteiger partial charge on any atom is -0.489 e. The van der Waals surface area contributed by atoms with E-state index >= 15 is 0 Å². The Morgan fingerprint density at radius 1 is 0.870 bits per heavy atom. The van der Waals surface area contributed by atoms with Gasteiger partial charge < -0.3 is 35.1 Å². The maximum Gasteiger partial charge on any atom is 0.408 e. The summed E-state index contributed by atoms with van der Waals surface area (Å²) in [5.74, 6) is -2.11. The number of ether oxygens (including phenoxy) is 3. The third-order valence-corrected chi connectivity index (χ3v) is 8.21. The molecule has 1 saturated heterocycles. The molecule has 0 spiro atoms. The number of hydrogen-bond donors (Lipinski definition) is 3. The molecule has 1 aliphatic rings. The topological polar surface area (TPSA) is 169 Å². The number of nitrogens with one attached hydrogen (secondary N) is 3. The van der Waals surface area contributed by atoms with Crippen LogP contribution in [0.15, 0.2) is 97.1 Å². The number of likely N-dealkylation sites (tertiary alicyclic amines) is 1. The van der Waals surface area contributed by atoms with Gasteiger partial charge >= 0.3 is 12.1 Å². The van der Waals surface area contributed by atoms with E-state index in [0.717, 1.165) is 11.1 Å². The Morgan fingerprint density at radius 2 is 1.54 bits per heavy atom. The molecule has 54 heavy (non-hydrogen) atoms. The number of carbonyl (C=O) groups excluding carboxylic acids is 6. The predicted octanol–water partition coefficient (Wildman–Crippen LogP) is 4.30. The molecule has 0 unspecified atom stereocenters. The Bertz CT molecular complexity index is 1770. The molecule has 0 aromatic heterocycles. The summed E-state index contributed by atoms with van der Waals surface area (Å²) in [4.78, 5) is 78.1. The van der Waals surface area contributed by atoms with Crippen LogP contribution in [-0.2, 0) is 41.7 Å². The lowest BCUT2D eigenvalue weighted by molar-refractivity contribution is -0.153.